The summed E-state index contributed by atoms with van der Waals surface area (Å²) in [5, 5.41) is 22.8. The lowest BCUT2D eigenvalue weighted by Gasteiger charge is -2.07. The first-order valence-electron chi connectivity index (χ1n) is 10.1. The van der Waals surface area contributed by atoms with Gasteiger partial charge in [-0.25, -0.2) is 0 Å². The molecule has 4 aromatic carbocycles. The van der Waals surface area contributed by atoms with Gasteiger partial charge in [-0.3, -0.25) is 0 Å². The van der Waals surface area contributed by atoms with Crippen LogP contribution in [0.4, 0.5) is 0 Å². The van der Waals surface area contributed by atoms with Crippen molar-refractivity contribution in [3.8, 4) is 0 Å². The van der Waals surface area contributed by atoms with Crippen molar-refractivity contribution in [2.75, 3.05) is 0 Å². The summed E-state index contributed by atoms with van der Waals surface area (Å²) in [6, 6.07) is 29.4. The molecule has 4 heteroatoms. The highest BCUT2D eigenvalue weighted by atomic mass is 15.3. The minimum atomic E-state index is 0.686. The second-order valence-electron chi connectivity index (χ2n) is 7.59. The van der Waals surface area contributed by atoms with E-state index in [1.165, 1.54) is 21.5 Å². The van der Waals surface area contributed by atoms with Crippen LogP contribution in [-0.4, -0.2) is 22.8 Å². The summed E-state index contributed by atoms with van der Waals surface area (Å²) in [5.41, 5.74) is 6.08. The predicted octanol–water partition coefficient (Wildman–Crippen LogP) is 5.79. The van der Waals surface area contributed by atoms with Crippen molar-refractivity contribution in [2.24, 2.45) is 20.4 Å². The van der Waals surface area contributed by atoms with Gasteiger partial charge in [-0.05, 0) is 21.5 Å². The first kappa shape index (κ1) is 17.0. The Balaban J connectivity index is 1.24. The van der Waals surface area contributed by atoms with Gasteiger partial charge in [0, 0.05) is 24.0 Å². The fourth-order valence-electron chi connectivity index (χ4n) is 4.27. The van der Waals surface area contributed by atoms with Crippen molar-refractivity contribution < 1.29 is 0 Å². The SMILES string of the molecule is c1ccc2c(C3=NN=C(C4=NN=C(c5cccc6ccccc56)C4)C3)cccc2c1. The van der Waals surface area contributed by atoms with Crippen molar-refractivity contribution >= 4 is 44.4 Å². The summed E-state index contributed by atoms with van der Waals surface area (Å²) in [5.74, 6) is 0. The topological polar surface area (TPSA) is 49.4 Å². The molecule has 6 rings (SSSR count). The summed E-state index contributed by atoms with van der Waals surface area (Å²) < 4.78 is 0. The molecule has 0 bridgehead atoms. The largest absolute Gasteiger partial charge is 0.154 e. The molecule has 0 unspecified atom stereocenters. The molecule has 2 aliphatic rings. The molecular weight excluding hydrogens is 368 g/mol. The number of rotatable bonds is 3. The number of hydrogen-bond acceptors (Lipinski definition) is 4. The lowest BCUT2D eigenvalue weighted by molar-refractivity contribution is 1.26. The lowest BCUT2D eigenvalue weighted by atomic mass is 9.94. The first-order chi connectivity index (χ1) is 14.9. The van der Waals surface area contributed by atoms with Gasteiger partial charge < -0.3 is 0 Å². The maximum absolute atomic E-state index is 4.50. The third-order valence-electron chi connectivity index (χ3n) is 5.79. The van der Waals surface area contributed by atoms with Crippen LogP contribution in [0.2, 0.25) is 0 Å². The van der Waals surface area contributed by atoms with Gasteiger partial charge in [-0.1, -0.05) is 84.9 Å². The Kier molecular flexibility index (Phi) is 3.88. The maximum Gasteiger partial charge on any atom is 0.0928 e. The molecule has 0 radical (unpaired) electrons. The molecule has 0 saturated heterocycles. The van der Waals surface area contributed by atoms with Crippen LogP contribution in [0.1, 0.15) is 24.0 Å². The summed E-state index contributed by atoms with van der Waals surface area (Å²) in [6.45, 7) is 0. The first-order valence-corrected chi connectivity index (χ1v) is 10.1. The van der Waals surface area contributed by atoms with E-state index in [9.17, 15) is 0 Å². The Labute approximate surface area is 174 Å². The highest BCUT2D eigenvalue weighted by molar-refractivity contribution is 6.51. The summed E-state index contributed by atoms with van der Waals surface area (Å²) in [6.07, 6.45) is 1.37. The molecule has 0 atom stereocenters. The Hall–Kier alpha value is -3.92. The van der Waals surface area contributed by atoms with E-state index in [1.807, 2.05) is 0 Å². The smallest absolute Gasteiger partial charge is 0.0928 e. The second kappa shape index (κ2) is 6.85. The van der Waals surface area contributed by atoms with Crippen LogP contribution in [0.25, 0.3) is 21.5 Å². The lowest BCUT2D eigenvalue weighted by Crippen LogP contribution is -2.16. The molecule has 2 aliphatic heterocycles. The molecule has 4 aromatic rings. The zero-order valence-electron chi connectivity index (χ0n) is 16.3. The molecule has 30 heavy (non-hydrogen) atoms. The second-order valence-corrected chi connectivity index (χ2v) is 7.59. The molecule has 0 amide bonds. The average Bonchev–Trinajstić information content (AvgIpc) is 3.48. The Morgan fingerprint density at radius 2 is 0.800 bits per heavy atom. The van der Waals surface area contributed by atoms with Gasteiger partial charge in [0.1, 0.15) is 0 Å². The predicted molar refractivity (Wildman–Crippen MR) is 125 cm³/mol. The molecule has 142 valence electrons. The van der Waals surface area contributed by atoms with Crippen molar-refractivity contribution in [3.63, 3.8) is 0 Å². The summed E-state index contributed by atoms with van der Waals surface area (Å²) in [4.78, 5) is 0. The van der Waals surface area contributed by atoms with Crippen molar-refractivity contribution in [2.45, 2.75) is 12.8 Å². The van der Waals surface area contributed by atoms with Gasteiger partial charge in [0.25, 0.3) is 0 Å². The highest BCUT2D eigenvalue weighted by Gasteiger charge is 2.25. The number of fused-ring (bicyclic) bond motifs is 2. The van der Waals surface area contributed by atoms with Gasteiger partial charge in [-0.2, -0.15) is 20.4 Å². The Morgan fingerprint density at radius 3 is 1.30 bits per heavy atom. The molecule has 0 aromatic heterocycles. The number of hydrogen-bond donors (Lipinski definition) is 0. The van der Waals surface area contributed by atoms with Crippen LogP contribution in [-0.2, 0) is 0 Å². The van der Waals surface area contributed by atoms with E-state index in [4.69, 9.17) is 0 Å². The monoisotopic (exact) mass is 386 g/mol. The molecule has 0 aliphatic carbocycles. The van der Waals surface area contributed by atoms with E-state index in [-0.39, 0.29) is 0 Å². The normalized spacial score (nSPS) is 15.9. The van der Waals surface area contributed by atoms with E-state index < -0.39 is 0 Å². The maximum atomic E-state index is 4.50. The molecule has 0 fully saturated rings. The van der Waals surface area contributed by atoms with E-state index in [0.29, 0.717) is 12.8 Å². The van der Waals surface area contributed by atoms with Crippen LogP contribution < -0.4 is 0 Å². The van der Waals surface area contributed by atoms with Crippen molar-refractivity contribution in [3.05, 3.63) is 96.1 Å². The zero-order valence-corrected chi connectivity index (χ0v) is 16.3. The third kappa shape index (κ3) is 2.77. The molecule has 2 heterocycles. The van der Waals surface area contributed by atoms with Crippen LogP contribution in [0.5, 0.6) is 0 Å². The van der Waals surface area contributed by atoms with Crippen LogP contribution in [0, 0.1) is 0 Å². The summed E-state index contributed by atoms with van der Waals surface area (Å²) >= 11 is 0. The zero-order chi connectivity index (χ0) is 19.9. The fraction of sp³-hybridized carbons (Fsp3) is 0.0769. The standard InChI is InChI=1S/C26H18N4/c1-3-11-19-17(7-1)9-5-13-21(19)23-15-25(29-27-23)26-16-24(28-30-26)22-14-6-10-18-8-2-4-12-20(18)22/h1-14H,15-16H2. The van der Waals surface area contributed by atoms with Crippen LogP contribution in [0.3, 0.4) is 0 Å². The fourth-order valence-corrected chi connectivity index (χ4v) is 4.27. The third-order valence-corrected chi connectivity index (χ3v) is 5.79. The number of nitrogens with zero attached hydrogens (tertiary/aromatic N) is 4. The van der Waals surface area contributed by atoms with Gasteiger partial charge in [0.15, 0.2) is 0 Å². The molecule has 0 spiro atoms. The molecular formula is C26H18N4. The van der Waals surface area contributed by atoms with E-state index in [2.05, 4.69) is 105 Å². The van der Waals surface area contributed by atoms with Gasteiger partial charge in [-0.15, -0.1) is 0 Å². The Bertz CT molecular complexity index is 1320. The minimum absolute atomic E-state index is 0.686. The van der Waals surface area contributed by atoms with Crippen LogP contribution in [0.15, 0.2) is 105 Å². The van der Waals surface area contributed by atoms with Crippen molar-refractivity contribution in [1.82, 2.24) is 0 Å². The van der Waals surface area contributed by atoms with E-state index in [0.717, 1.165) is 34.0 Å². The van der Waals surface area contributed by atoms with Crippen molar-refractivity contribution in [1.29, 1.82) is 0 Å². The molecule has 4 nitrogen and oxygen atoms in total. The quantitative estimate of drug-likeness (QED) is 0.428. The van der Waals surface area contributed by atoms with Gasteiger partial charge in [0.05, 0.1) is 22.8 Å². The molecule has 0 N–H and O–H groups in total. The molecule has 0 saturated carbocycles. The average molecular weight is 386 g/mol. The number of benzene rings is 4. The van der Waals surface area contributed by atoms with E-state index >= 15 is 0 Å². The highest BCUT2D eigenvalue weighted by Crippen LogP contribution is 2.26. The van der Waals surface area contributed by atoms with E-state index in [1.54, 1.807) is 0 Å². The van der Waals surface area contributed by atoms with Crippen LogP contribution >= 0.6 is 0 Å². The van der Waals surface area contributed by atoms with Gasteiger partial charge >= 0.3 is 0 Å². The minimum Gasteiger partial charge on any atom is -0.154 e. The summed E-state index contributed by atoms with van der Waals surface area (Å²) in [7, 11) is 0. The van der Waals surface area contributed by atoms with Gasteiger partial charge in [0.2, 0.25) is 0 Å². The Morgan fingerprint density at radius 1 is 0.400 bits per heavy atom.